The minimum absolute atomic E-state index is 0.0811. The zero-order valence-corrected chi connectivity index (χ0v) is 15.6. The summed E-state index contributed by atoms with van der Waals surface area (Å²) in [7, 11) is 3.58. The Morgan fingerprint density at radius 1 is 0.960 bits per heavy atom. The zero-order chi connectivity index (χ0) is 17.6. The van der Waals surface area contributed by atoms with E-state index in [1.54, 1.807) is 7.11 Å². The second-order valence-corrected chi connectivity index (χ2v) is 7.45. The van der Waals surface area contributed by atoms with Gasteiger partial charge in [-0.05, 0) is 56.7 Å². The lowest BCUT2D eigenvalue weighted by molar-refractivity contribution is 0.0717. The van der Waals surface area contributed by atoms with Crippen LogP contribution in [0.5, 0.6) is 11.5 Å². The van der Waals surface area contributed by atoms with Crippen molar-refractivity contribution in [3.05, 3.63) is 23.8 Å². The van der Waals surface area contributed by atoms with Crippen LogP contribution < -0.4 is 9.47 Å². The summed E-state index contributed by atoms with van der Waals surface area (Å²) < 4.78 is 11.6. The van der Waals surface area contributed by atoms with Crippen LogP contribution in [0.2, 0.25) is 0 Å². The van der Waals surface area contributed by atoms with E-state index in [0.717, 1.165) is 31.4 Å². The average Bonchev–Trinajstić information content (AvgIpc) is 3.00. The Morgan fingerprint density at radius 3 is 2.24 bits per heavy atom. The summed E-state index contributed by atoms with van der Waals surface area (Å²) in [6.07, 6.45) is 12.2. The van der Waals surface area contributed by atoms with Crippen LogP contribution in [0.1, 0.15) is 74.6 Å². The van der Waals surface area contributed by atoms with Gasteiger partial charge in [0.1, 0.15) is 0 Å². The van der Waals surface area contributed by atoms with Crippen LogP contribution in [0.25, 0.3) is 0 Å². The van der Waals surface area contributed by atoms with Crippen LogP contribution in [-0.2, 0) is 0 Å². The number of hydrogen-bond donors (Lipinski definition) is 0. The normalized spacial score (nSPS) is 19.4. The lowest BCUT2D eigenvalue weighted by atomic mass is 10.1. The number of amides is 1. The monoisotopic (exact) mass is 345 g/mol. The third-order valence-electron chi connectivity index (χ3n) is 5.70. The smallest absolute Gasteiger partial charge is 0.253 e. The van der Waals surface area contributed by atoms with Crippen LogP contribution in [0, 0.1) is 0 Å². The predicted octanol–water partition coefficient (Wildman–Crippen LogP) is 4.81. The molecule has 2 aliphatic carbocycles. The number of ether oxygens (including phenoxy) is 2. The maximum absolute atomic E-state index is 12.9. The standard InChI is InChI=1S/C21H31NO3/c1-22(17-9-5-3-4-6-10-17)21(23)16-13-14-19(20(15-16)24-2)25-18-11-7-8-12-18/h13-15,17-18H,3-12H2,1-2H3. The van der Waals surface area contributed by atoms with Gasteiger partial charge < -0.3 is 14.4 Å². The number of rotatable bonds is 5. The summed E-state index contributed by atoms with van der Waals surface area (Å²) in [5, 5.41) is 0. The molecule has 0 aliphatic heterocycles. The fraction of sp³-hybridized carbons (Fsp3) is 0.667. The molecule has 138 valence electrons. The molecule has 0 heterocycles. The third kappa shape index (κ3) is 4.47. The van der Waals surface area contributed by atoms with E-state index in [1.807, 2.05) is 30.1 Å². The van der Waals surface area contributed by atoms with Crippen molar-refractivity contribution in [1.29, 1.82) is 0 Å². The van der Waals surface area contributed by atoms with E-state index in [1.165, 1.54) is 38.5 Å². The van der Waals surface area contributed by atoms with Crippen molar-refractivity contribution >= 4 is 5.91 Å². The van der Waals surface area contributed by atoms with E-state index in [2.05, 4.69) is 0 Å². The highest BCUT2D eigenvalue weighted by molar-refractivity contribution is 5.95. The molecule has 0 radical (unpaired) electrons. The highest BCUT2D eigenvalue weighted by atomic mass is 16.5. The maximum Gasteiger partial charge on any atom is 0.253 e. The molecule has 1 aromatic carbocycles. The molecule has 4 nitrogen and oxygen atoms in total. The molecule has 2 fully saturated rings. The molecule has 0 N–H and O–H groups in total. The largest absolute Gasteiger partial charge is 0.493 e. The third-order valence-corrected chi connectivity index (χ3v) is 5.70. The molecule has 2 aliphatic rings. The molecule has 0 bridgehead atoms. The van der Waals surface area contributed by atoms with Crippen LogP contribution in [0.15, 0.2) is 18.2 Å². The van der Waals surface area contributed by atoms with Crippen molar-refractivity contribution in [2.24, 2.45) is 0 Å². The zero-order valence-electron chi connectivity index (χ0n) is 15.6. The SMILES string of the molecule is COc1cc(C(=O)N(C)C2CCCCCC2)ccc1OC1CCCC1. The molecule has 0 aromatic heterocycles. The summed E-state index contributed by atoms with van der Waals surface area (Å²) in [4.78, 5) is 14.8. The first kappa shape index (κ1) is 18.1. The van der Waals surface area contributed by atoms with Gasteiger partial charge in [0.2, 0.25) is 0 Å². The van der Waals surface area contributed by atoms with Crippen molar-refractivity contribution in [2.45, 2.75) is 76.4 Å². The van der Waals surface area contributed by atoms with Gasteiger partial charge in [0.25, 0.3) is 5.91 Å². The second-order valence-electron chi connectivity index (χ2n) is 7.45. The first-order valence-electron chi connectivity index (χ1n) is 9.81. The first-order chi connectivity index (χ1) is 12.2. The molecule has 1 aromatic rings. The highest BCUT2D eigenvalue weighted by Gasteiger charge is 2.24. The number of hydrogen-bond acceptors (Lipinski definition) is 3. The van der Waals surface area contributed by atoms with Gasteiger partial charge in [-0.15, -0.1) is 0 Å². The number of carbonyl (C=O) groups excluding carboxylic acids is 1. The summed E-state index contributed by atoms with van der Waals surface area (Å²) in [6.45, 7) is 0. The van der Waals surface area contributed by atoms with Gasteiger partial charge in [0, 0.05) is 18.7 Å². The molecular weight excluding hydrogens is 314 g/mol. The highest BCUT2D eigenvalue weighted by Crippen LogP contribution is 2.33. The molecule has 0 saturated heterocycles. The van der Waals surface area contributed by atoms with E-state index in [-0.39, 0.29) is 12.0 Å². The van der Waals surface area contributed by atoms with E-state index >= 15 is 0 Å². The quantitative estimate of drug-likeness (QED) is 0.719. The molecule has 0 spiro atoms. The minimum Gasteiger partial charge on any atom is -0.493 e. The van der Waals surface area contributed by atoms with Crippen molar-refractivity contribution in [1.82, 2.24) is 4.90 Å². The molecule has 0 unspecified atom stereocenters. The van der Waals surface area contributed by atoms with Crippen molar-refractivity contribution < 1.29 is 14.3 Å². The summed E-state index contributed by atoms with van der Waals surface area (Å²) >= 11 is 0. The van der Waals surface area contributed by atoms with Gasteiger partial charge >= 0.3 is 0 Å². The first-order valence-corrected chi connectivity index (χ1v) is 9.81. The van der Waals surface area contributed by atoms with Gasteiger partial charge in [-0.3, -0.25) is 4.79 Å². The van der Waals surface area contributed by atoms with E-state index in [0.29, 0.717) is 17.4 Å². The topological polar surface area (TPSA) is 38.8 Å². The predicted molar refractivity (Wildman–Crippen MR) is 99.5 cm³/mol. The average molecular weight is 345 g/mol. The van der Waals surface area contributed by atoms with Gasteiger partial charge in [0.05, 0.1) is 13.2 Å². The Bertz CT molecular complexity index is 573. The molecule has 4 heteroatoms. The Balaban J connectivity index is 1.71. The summed E-state index contributed by atoms with van der Waals surface area (Å²) in [5.74, 6) is 1.49. The van der Waals surface area contributed by atoms with Crippen molar-refractivity contribution in [3.63, 3.8) is 0 Å². The molecule has 3 rings (SSSR count). The molecule has 2 saturated carbocycles. The Morgan fingerprint density at radius 2 is 1.60 bits per heavy atom. The molecule has 1 amide bonds. The van der Waals surface area contributed by atoms with E-state index in [9.17, 15) is 4.79 Å². The number of methoxy groups -OCH3 is 1. The fourth-order valence-corrected chi connectivity index (χ4v) is 4.10. The lowest BCUT2D eigenvalue weighted by Gasteiger charge is -2.27. The van der Waals surface area contributed by atoms with Crippen molar-refractivity contribution in [3.8, 4) is 11.5 Å². The van der Waals surface area contributed by atoms with Crippen molar-refractivity contribution in [2.75, 3.05) is 14.2 Å². The van der Waals surface area contributed by atoms with Crippen LogP contribution in [-0.4, -0.2) is 37.1 Å². The Kier molecular flexibility index (Phi) is 6.22. The molecule has 0 atom stereocenters. The summed E-state index contributed by atoms with van der Waals surface area (Å²) in [5.41, 5.74) is 0.683. The number of carbonyl (C=O) groups is 1. The van der Waals surface area contributed by atoms with Gasteiger partial charge in [0.15, 0.2) is 11.5 Å². The summed E-state index contributed by atoms with van der Waals surface area (Å²) in [6, 6.07) is 5.96. The lowest BCUT2D eigenvalue weighted by Crippen LogP contribution is -2.36. The molecular formula is C21H31NO3. The van der Waals surface area contributed by atoms with Gasteiger partial charge in [-0.25, -0.2) is 0 Å². The van der Waals surface area contributed by atoms with E-state index < -0.39 is 0 Å². The Hall–Kier alpha value is -1.71. The fourth-order valence-electron chi connectivity index (χ4n) is 4.10. The van der Waals surface area contributed by atoms with Crippen LogP contribution in [0.4, 0.5) is 0 Å². The Labute approximate surface area is 151 Å². The van der Waals surface area contributed by atoms with Crippen LogP contribution in [0.3, 0.4) is 0 Å². The number of benzene rings is 1. The maximum atomic E-state index is 12.9. The molecule has 25 heavy (non-hydrogen) atoms. The van der Waals surface area contributed by atoms with Crippen LogP contribution >= 0.6 is 0 Å². The van der Waals surface area contributed by atoms with E-state index in [4.69, 9.17) is 9.47 Å². The minimum atomic E-state index is 0.0811. The van der Waals surface area contributed by atoms with Gasteiger partial charge in [-0.2, -0.15) is 0 Å². The second kappa shape index (κ2) is 8.59. The van der Waals surface area contributed by atoms with Gasteiger partial charge in [-0.1, -0.05) is 25.7 Å². The number of nitrogens with zero attached hydrogens (tertiary/aromatic N) is 1.